The van der Waals surface area contributed by atoms with Crippen LogP contribution in [-0.4, -0.2) is 26.8 Å². The molecule has 0 aliphatic rings. The third-order valence-corrected chi connectivity index (χ3v) is 4.72. The van der Waals surface area contributed by atoms with E-state index in [2.05, 4.69) is 10.6 Å². The van der Waals surface area contributed by atoms with Crippen molar-refractivity contribution in [1.82, 2.24) is 5.32 Å². The molecule has 11 heteroatoms. The molecular formula is C17H16F3N3O4S. The fourth-order valence-electron chi connectivity index (χ4n) is 2.26. The zero-order valence-corrected chi connectivity index (χ0v) is 15.3. The van der Waals surface area contributed by atoms with Gasteiger partial charge in [0.05, 0.1) is 17.0 Å². The molecule has 28 heavy (non-hydrogen) atoms. The topological polar surface area (TPSA) is 118 Å². The van der Waals surface area contributed by atoms with Crippen LogP contribution in [0.1, 0.15) is 21.5 Å². The molecule has 2 amide bonds. The van der Waals surface area contributed by atoms with Gasteiger partial charge in [0.15, 0.2) is 0 Å². The number of nitrogens with two attached hydrogens (primary N) is 1. The largest absolute Gasteiger partial charge is 0.416 e. The molecule has 0 aromatic heterocycles. The summed E-state index contributed by atoms with van der Waals surface area (Å²) in [7, 11) is -3.97. The molecule has 0 unspecified atom stereocenters. The van der Waals surface area contributed by atoms with E-state index in [1.54, 1.807) is 0 Å². The van der Waals surface area contributed by atoms with Crippen LogP contribution in [0.3, 0.4) is 0 Å². The maximum Gasteiger partial charge on any atom is 0.416 e. The summed E-state index contributed by atoms with van der Waals surface area (Å²) in [5.41, 5.74) is -0.390. The van der Waals surface area contributed by atoms with Gasteiger partial charge in [0, 0.05) is 11.3 Å². The molecule has 2 rings (SSSR count). The summed E-state index contributed by atoms with van der Waals surface area (Å²) in [5.74, 6) is -1.40. The molecule has 7 nitrogen and oxygen atoms in total. The number of anilines is 1. The van der Waals surface area contributed by atoms with E-state index < -0.39 is 40.1 Å². The summed E-state index contributed by atoms with van der Waals surface area (Å²) in [5, 5.41) is 9.74. The second-order valence-corrected chi connectivity index (χ2v) is 7.36. The number of carbonyl (C=O) groups is 2. The Hall–Kier alpha value is -2.92. The molecule has 0 atom stereocenters. The van der Waals surface area contributed by atoms with Crippen molar-refractivity contribution in [3.05, 3.63) is 59.2 Å². The molecule has 0 aliphatic carbocycles. The van der Waals surface area contributed by atoms with Gasteiger partial charge in [-0.25, -0.2) is 13.6 Å². The molecule has 0 heterocycles. The van der Waals surface area contributed by atoms with Crippen LogP contribution in [0.4, 0.5) is 18.9 Å². The number of hydrogen-bond donors (Lipinski definition) is 3. The molecule has 4 N–H and O–H groups in total. The Balaban J connectivity index is 1.98. The van der Waals surface area contributed by atoms with Crippen molar-refractivity contribution in [1.29, 1.82) is 0 Å². The Morgan fingerprint density at radius 3 is 2.21 bits per heavy atom. The average Bonchev–Trinajstić information content (AvgIpc) is 2.59. The summed E-state index contributed by atoms with van der Waals surface area (Å²) in [6, 6.07) is 7.60. The molecule has 0 saturated carbocycles. The van der Waals surface area contributed by atoms with Crippen LogP contribution in [0.2, 0.25) is 0 Å². The van der Waals surface area contributed by atoms with Gasteiger partial charge in [-0.3, -0.25) is 9.59 Å². The van der Waals surface area contributed by atoms with Crippen molar-refractivity contribution in [2.75, 3.05) is 11.9 Å². The number of rotatable bonds is 5. The fraction of sp³-hybridized carbons (Fsp3) is 0.176. The monoisotopic (exact) mass is 415 g/mol. The van der Waals surface area contributed by atoms with E-state index in [1.165, 1.54) is 25.1 Å². The highest BCUT2D eigenvalue weighted by Gasteiger charge is 2.30. The lowest BCUT2D eigenvalue weighted by Crippen LogP contribution is -2.33. The second-order valence-electron chi connectivity index (χ2n) is 5.83. The standard InChI is InChI=1S/C17H16F3N3O4S/c1-10-2-7-13(8-14(10)28(21,26)27)23-15(24)9-22-16(25)11-3-5-12(6-4-11)17(18,19)20/h2-8H,9H2,1H3,(H,22,25)(H,23,24)(H2,21,26,27). The molecule has 0 radical (unpaired) electrons. The summed E-state index contributed by atoms with van der Waals surface area (Å²) in [6.45, 7) is 1.06. The van der Waals surface area contributed by atoms with Gasteiger partial charge < -0.3 is 10.6 Å². The highest BCUT2D eigenvalue weighted by atomic mass is 32.2. The Bertz CT molecular complexity index is 1000. The highest BCUT2D eigenvalue weighted by molar-refractivity contribution is 7.89. The van der Waals surface area contributed by atoms with E-state index in [9.17, 15) is 31.2 Å². The summed E-state index contributed by atoms with van der Waals surface area (Å²) < 4.78 is 60.5. The Morgan fingerprint density at radius 1 is 1.07 bits per heavy atom. The number of amides is 2. The van der Waals surface area contributed by atoms with Gasteiger partial charge in [0.25, 0.3) is 5.91 Å². The van der Waals surface area contributed by atoms with Crippen LogP contribution in [0, 0.1) is 6.92 Å². The number of aryl methyl sites for hydroxylation is 1. The molecule has 0 fully saturated rings. The lowest BCUT2D eigenvalue weighted by atomic mass is 10.1. The van der Waals surface area contributed by atoms with E-state index in [0.29, 0.717) is 5.56 Å². The zero-order chi connectivity index (χ0) is 21.1. The lowest BCUT2D eigenvalue weighted by molar-refractivity contribution is -0.137. The Labute approximate surface area is 158 Å². The van der Waals surface area contributed by atoms with Gasteiger partial charge in [-0.1, -0.05) is 6.07 Å². The predicted octanol–water partition coefficient (Wildman–Crippen LogP) is 2.03. The van der Waals surface area contributed by atoms with E-state index in [1.807, 2.05) is 0 Å². The minimum atomic E-state index is -4.52. The number of alkyl halides is 3. The van der Waals surface area contributed by atoms with Crippen molar-refractivity contribution >= 4 is 27.5 Å². The summed E-state index contributed by atoms with van der Waals surface area (Å²) >= 11 is 0. The van der Waals surface area contributed by atoms with Crippen LogP contribution in [-0.2, 0) is 21.0 Å². The molecule has 150 valence electrons. The smallest absolute Gasteiger partial charge is 0.343 e. The normalized spacial score (nSPS) is 11.8. The fourth-order valence-corrected chi connectivity index (χ4v) is 3.07. The zero-order valence-electron chi connectivity index (χ0n) is 14.5. The predicted molar refractivity (Wildman–Crippen MR) is 95.0 cm³/mol. The third kappa shape index (κ3) is 5.54. The Morgan fingerprint density at radius 2 is 1.68 bits per heavy atom. The highest BCUT2D eigenvalue weighted by Crippen LogP contribution is 2.29. The first-order valence-corrected chi connectivity index (χ1v) is 9.31. The van der Waals surface area contributed by atoms with Gasteiger partial charge in [0.2, 0.25) is 15.9 Å². The minimum Gasteiger partial charge on any atom is -0.343 e. The van der Waals surface area contributed by atoms with Crippen molar-refractivity contribution in [3.63, 3.8) is 0 Å². The molecule has 2 aromatic carbocycles. The van der Waals surface area contributed by atoms with Gasteiger partial charge >= 0.3 is 6.18 Å². The molecule has 0 aliphatic heterocycles. The minimum absolute atomic E-state index is 0.0485. The van der Waals surface area contributed by atoms with Crippen LogP contribution >= 0.6 is 0 Å². The number of nitrogens with one attached hydrogen (secondary N) is 2. The number of carbonyl (C=O) groups excluding carboxylic acids is 2. The Kier molecular flexibility index (Phi) is 6.10. The van der Waals surface area contributed by atoms with E-state index in [-0.39, 0.29) is 16.1 Å². The van der Waals surface area contributed by atoms with E-state index in [4.69, 9.17) is 5.14 Å². The molecule has 0 saturated heterocycles. The number of benzene rings is 2. The van der Waals surface area contributed by atoms with Gasteiger partial charge in [0.1, 0.15) is 0 Å². The number of halogens is 3. The van der Waals surface area contributed by atoms with Crippen LogP contribution in [0.5, 0.6) is 0 Å². The molecule has 0 spiro atoms. The van der Waals surface area contributed by atoms with Crippen molar-refractivity contribution < 1.29 is 31.2 Å². The van der Waals surface area contributed by atoms with Gasteiger partial charge in [-0.05, 0) is 48.9 Å². The summed E-state index contributed by atoms with van der Waals surface area (Å²) in [6.07, 6.45) is -4.52. The third-order valence-electron chi connectivity index (χ3n) is 3.66. The van der Waals surface area contributed by atoms with Gasteiger partial charge in [-0.15, -0.1) is 0 Å². The molecular weight excluding hydrogens is 399 g/mol. The number of sulfonamides is 1. The first kappa shape index (κ1) is 21.4. The number of hydrogen-bond acceptors (Lipinski definition) is 4. The van der Waals surface area contributed by atoms with Crippen molar-refractivity contribution in [3.8, 4) is 0 Å². The first-order valence-electron chi connectivity index (χ1n) is 7.76. The summed E-state index contributed by atoms with van der Waals surface area (Å²) in [4.78, 5) is 23.7. The van der Waals surface area contributed by atoms with Crippen LogP contribution in [0.15, 0.2) is 47.4 Å². The first-order chi connectivity index (χ1) is 12.9. The second kappa shape index (κ2) is 7.98. The molecule has 0 bridgehead atoms. The molecule has 2 aromatic rings. The van der Waals surface area contributed by atoms with Crippen molar-refractivity contribution in [2.24, 2.45) is 5.14 Å². The van der Waals surface area contributed by atoms with Crippen molar-refractivity contribution in [2.45, 2.75) is 18.0 Å². The number of primary sulfonamides is 1. The maximum atomic E-state index is 12.5. The van der Waals surface area contributed by atoms with E-state index in [0.717, 1.165) is 24.3 Å². The van der Waals surface area contributed by atoms with Crippen LogP contribution in [0.25, 0.3) is 0 Å². The van der Waals surface area contributed by atoms with E-state index >= 15 is 0 Å². The van der Waals surface area contributed by atoms with Gasteiger partial charge in [-0.2, -0.15) is 13.2 Å². The lowest BCUT2D eigenvalue weighted by Gasteiger charge is -2.10. The maximum absolute atomic E-state index is 12.5. The van der Waals surface area contributed by atoms with Crippen LogP contribution < -0.4 is 15.8 Å². The average molecular weight is 415 g/mol. The quantitative estimate of drug-likeness (QED) is 0.692. The SMILES string of the molecule is Cc1ccc(NC(=O)CNC(=O)c2ccc(C(F)(F)F)cc2)cc1S(N)(=O)=O.